The van der Waals surface area contributed by atoms with E-state index >= 15 is 0 Å². The van der Waals surface area contributed by atoms with Crippen molar-refractivity contribution in [3.63, 3.8) is 0 Å². The Labute approximate surface area is 194 Å². The summed E-state index contributed by atoms with van der Waals surface area (Å²) in [5, 5.41) is 18.4. The van der Waals surface area contributed by atoms with Gasteiger partial charge in [0.2, 0.25) is 6.04 Å². The Morgan fingerprint density at radius 3 is 2.58 bits per heavy atom. The van der Waals surface area contributed by atoms with E-state index in [9.17, 15) is 14.9 Å². The van der Waals surface area contributed by atoms with Gasteiger partial charge in [-0.3, -0.25) is 4.79 Å². The maximum atomic E-state index is 12.8. The molecule has 10 heteroatoms. The number of thioether (sulfide) groups is 1. The Kier molecular flexibility index (Phi) is 8.99. The molecular formula is C21H20Cl2N4O3S. The van der Waals surface area contributed by atoms with Crippen molar-refractivity contribution in [3.8, 4) is 6.07 Å². The van der Waals surface area contributed by atoms with E-state index < -0.39 is 17.8 Å². The number of hydrogen-bond donors (Lipinski definition) is 0. The van der Waals surface area contributed by atoms with Crippen molar-refractivity contribution in [2.45, 2.75) is 38.8 Å². The lowest BCUT2D eigenvalue weighted by Gasteiger charge is -2.12. The molecule has 162 valence electrons. The van der Waals surface area contributed by atoms with Gasteiger partial charge in [0.15, 0.2) is 5.78 Å². The number of benzene rings is 1. The quantitative estimate of drug-likeness (QED) is 0.212. The van der Waals surface area contributed by atoms with Gasteiger partial charge in [-0.05, 0) is 57.0 Å². The zero-order valence-corrected chi connectivity index (χ0v) is 19.7. The molecule has 0 aliphatic heterocycles. The van der Waals surface area contributed by atoms with Crippen LogP contribution in [0.15, 0.2) is 33.5 Å². The molecule has 1 aromatic heterocycles. The van der Waals surface area contributed by atoms with Crippen molar-refractivity contribution in [3.05, 3.63) is 50.6 Å². The van der Waals surface area contributed by atoms with E-state index in [0.29, 0.717) is 15.6 Å². The summed E-state index contributed by atoms with van der Waals surface area (Å²) in [6, 6.07) is 5.24. The molecule has 0 fully saturated rings. The van der Waals surface area contributed by atoms with Crippen LogP contribution in [0.5, 0.6) is 0 Å². The molecule has 0 aliphatic carbocycles. The Balaban J connectivity index is 2.26. The van der Waals surface area contributed by atoms with Crippen molar-refractivity contribution < 1.29 is 14.3 Å². The maximum Gasteiger partial charge on any atom is 0.340 e. The number of halogens is 2. The van der Waals surface area contributed by atoms with Crippen LogP contribution in [-0.4, -0.2) is 35.1 Å². The van der Waals surface area contributed by atoms with E-state index in [0.717, 1.165) is 28.6 Å². The highest BCUT2D eigenvalue weighted by Gasteiger charge is 2.28. The molecule has 7 nitrogen and oxygen atoms in total. The normalized spacial score (nSPS) is 11.9. The molecule has 1 heterocycles. The number of azo groups is 1. The van der Waals surface area contributed by atoms with E-state index in [1.807, 2.05) is 20.8 Å². The van der Waals surface area contributed by atoms with Crippen LogP contribution < -0.4 is 0 Å². The van der Waals surface area contributed by atoms with Crippen molar-refractivity contribution in [1.82, 2.24) is 4.98 Å². The number of carbonyl (C=O) groups excluding carboxylic acids is 2. The number of carbonyl (C=O) groups is 2. The minimum Gasteiger partial charge on any atom is -0.464 e. The van der Waals surface area contributed by atoms with Gasteiger partial charge in [-0.15, -0.1) is 0 Å². The number of rotatable bonds is 8. The highest BCUT2D eigenvalue weighted by atomic mass is 35.5. The molecular weight excluding hydrogens is 459 g/mol. The fourth-order valence-corrected chi connectivity index (χ4v) is 3.94. The molecule has 0 N–H and O–H groups in total. The van der Waals surface area contributed by atoms with E-state index in [1.54, 1.807) is 13.0 Å². The topological polar surface area (TPSA) is 105 Å². The van der Waals surface area contributed by atoms with Gasteiger partial charge in [0, 0.05) is 10.7 Å². The Bertz CT molecular complexity index is 1080. The second kappa shape index (κ2) is 11.2. The van der Waals surface area contributed by atoms with Gasteiger partial charge in [-0.1, -0.05) is 35.0 Å². The molecule has 0 amide bonds. The van der Waals surface area contributed by atoms with Crippen LogP contribution in [0.3, 0.4) is 0 Å². The van der Waals surface area contributed by atoms with Crippen molar-refractivity contribution >= 4 is 52.4 Å². The highest BCUT2D eigenvalue weighted by Crippen LogP contribution is 2.29. The number of hydrogen-bond acceptors (Lipinski definition) is 8. The summed E-state index contributed by atoms with van der Waals surface area (Å²) in [5.41, 5.74) is 3.17. The molecule has 2 aromatic rings. The first-order chi connectivity index (χ1) is 14.7. The van der Waals surface area contributed by atoms with E-state index in [4.69, 9.17) is 27.9 Å². The zero-order chi connectivity index (χ0) is 23.1. The lowest BCUT2D eigenvalue weighted by Crippen LogP contribution is -2.31. The van der Waals surface area contributed by atoms with Gasteiger partial charge in [0.05, 0.1) is 22.9 Å². The predicted octanol–water partition coefficient (Wildman–Crippen LogP) is 5.56. The summed E-state index contributed by atoms with van der Waals surface area (Å²) >= 11 is 13.0. The van der Waals surface area contributed by atoms with Crippen LogP contribution in [0.25, 0.3) is 0 Å². The van der Waals surface area contributed by atoms with Crippen LogP contribution in [0.4, 0.5) is 5.69 Å². The summed E-state index contributed by atoms with van der Waals surface area (Å²) in [6.45, 7) is 7.27. The Morgan fingerprint density at radius 1 is 1.26 bits per heavy atom. The molecule has 0 spiro atoms. The smallest absolute Gasteiger partial charge is 0.340 e. The third-order valence-electron chi connectivity index (χ3n) is 4.43. The first kappa shape index (κ1) is 24.8. The average molecular weight is 479 g/mol. The number of ketones is 1. The summed E-state index contributed by atoms with van der Waals surface area (Å²) < 4.78 is 4.97. The van der Waals surface area contributed by atoms with E-state index in [-0.39, 0.29) is 23.1 Å². The number of pyridine rings is 1. The van der Waals surface area contributed by atoms with Gasteiger partial charge >= 0.3 is 5.97 Å². The van der Waals surface area contributed by atoms with Crippen molar-refractivity contribution in [2.75, 3.05) is 12.4 Å². The molecule has 1 aromatic carbocycles. The number of aromatic nitrogens is 1. The summed E-state index contributed by atoms with van der Waals surface area (Å²) in [7, 11) is 0. The average Bonchev–Trinajstić information content (AvgIpc) is 2.72. The second-order valence-corrected chi connectivity index (χ2v) is 8.27. The predicted molar refractivity (Wildman–Crippen MR) is 120 cm³/mol. The van der Waals surface area contributed by atoms with Crippen LogP contribution in [0, 0.1) is 32.1 Å². The van der Waals surface area contributed by atoms with Gasteiger partial charge in [0.25, 0.3) is 0 Å². The zero-order valence-electron chi connectivity index (χ0n) is 17.4. The standard InChI is InChI=1S/C21H20Cl2N4O3S/c1-5-30-21(29)19(27-26-17-7-6-14(22)8-16(17)23)18(28)10-31-20-15(9-24)12(3)11(2)13(4)25-20/h6-8,19H,5,10H2,1-4H3. The minimum absolute atomic E-state index is 0.0868. The number of nitriles is 1. The number of esters is 1. The second-order valence-electron chi connectivity index (χ2n) is 6.46. The lowest BCUT2D eigenvalue weighted by atomic mass is 10.1. The summed E-state index contributed by atoms with van der Waals surface area (Å²) in [5.74, 6) is -1.48. The number of aryl methyl sites for hydroxylation is 1. The first-order valence-corrected chi connectivity index (χ1v) is 11.0. The van der Waals surface area contributed by atoms with Gasteiger partial charge in [-0.25, -0.2) is 9.78 Å². The highest BCUT2D eigenvalue weighted by molar-refractivity contribution is 8.00. The Morgan fingerprint density at radius 2 is 1.97 bits per heavy atom. The molecule has 1 atom stereocenters. The third-order valence-corrected chi connectivity index (χ3v) is 5.97. The SMILES string of the molecule is CCOC(=O)C(N=Nc1ccc(Cl)cc1Cl)C(=O)CSc1nc(C)c(C)c(C)c1C#N. The number of Topliss-reactive ketones (excluding diaryl/α,β-unsaturated/α-hetero) is 1. The Hall–Kier alpha value is -2.47. The van der Waals surface area contributed by atoms with Crippen LogP contribution in [0.1, 0.15) is 29.3 Å². The third kappa shape index (κ3) is 6.26. The molecule has 1 unspecified atom stereocenters. The van der Waals surface area contributed by atoms with Crippen LogP contribution in [0.2, 0.25) is 10.0 Å². The minimum atomic E-state index is -1.46. The van der Waals surface area contributed by atoms with E-state index in [2.05, 4.69) is 21.3 Å². The van der Waals surface area contributed by atoms with E-state index in [1.165, 1.54) is 12.1 Å². The molecule has 31 heavy (non-hydrogen) atoms. The largest absolute Gasteiger partial charge is 0.464 e. The van der Waals surface area contributed by atoms with Crippen molar-refractivity contribution in [1.29, 1.82) is 5.26 Å². The summed E-state index contributed by atoms with van der Waals surface area (Å²) in [6.07, 6.45) is 0. The van der Waals surface area contributed by atoms with Gasteiger partial charge in [0.1, 0.15) is 16.8 Å². The number of nitrogens with zero attached hydrogens (tertiary/aromatic N) is 4. The van der Waals surface area contributed by atoms with Crippen LogP contribution in [-0.2, 0) is 14.3 Å². The first-order valence-electron chi connectivity index (χ1n) is 9.25. The molecule has 0 saturated carbocycles. The monoisotopic (exact) mass is 478 g/mol. The van der Waals surface area contributed by atoms with Gasteiger partial charge < -0.3 is 4.74 Å². The molecule has 0 radical (unpaired) electrons. The molecule has 2 rings (SSSR count). The van der Waals surface area contributed by atoms with Gasteiger partial charge in [-0.2, -0.15) is 15.5 Å². The van der Waals surface area contributed by atoms with Crippen LogP contribution >= 0.6 is 35.0 Å². The fourth-order valence-electron chi connectivity index (χ4n) is 2.51. The maximum absolute atomic E-state index is 12.8. The summed E-state index contributed by atoms with van der Waals surface area (Å²) in [4.78, 5) is 29.5. The lowest BCUT2D eigenvalue weighted by molar-refractivity contribution is -0.147. The molecule has 0 saturated heterocycles. The fraction of sp³-hybridized carbons (Fsp3) is 0.333. The molecule has 0 bridgehead atoms. The van der Waals surface area contributed by atoms with Crippen molar-refractivity contribution in [2.24, 2.45) is 10.2 Å². The number of ether oxygens (including phenoxy) is 1. The molecule has 0 aliphatic rings.